The van der Waals surface area contributed by atoms with Crippen LogP contribution in [0.3, 0.4) is 0 Å². The van der Waals surface area contributed by atoms with E-state index in [4.69, 9.17) is 4.74 Å². The van der Waals surface area contributed by atoms with E-state index in [9.17, 15) is 4.79 Å². The molecule has 0 saturated heterocycles. The van der Waals surface area contributed by atoms with Crippen molar-refractivity contribution in [3.05, 3.63) is 78.7 Å². The van der Waals surface area contributed by atoms with E-state index >= 15 is 0 Å². The van der Waals surface area contributed by atoms with E-state index in [1.165, 1.54) is 0 Å². The predicted octanol–water partition coefficient (Wildman–Crippen LogP) is 3.73. The molecule has 0 spiro atoms. The average molecular weight is 377 g/mol. The number of rotatable bonds is 8. The Labute approximate surface area is 166 Å². The van der Waals surface area contributed by atoms with Crippen LogP contribution in [0.25, 0.3) is 0 Å². The molecule has 146 valence electrons. The monoisotopic (exact) mass is 377 g/mol. The lowest BCUT2D eigenvalue weighted by Crippen LogP contribution is -2.35. The summed E-state index contributed by atoms with van der Waals surface area (Å²) in [4.78, 5) is 20.9. The van der Waals surface area contributed by atoms with E-state index in [0.717, 1.165) is 49.5 Å². The minimum atomic E-state index is -0.00528. The van der Waals surface area contributed by atoms with E-state index in [1.54, 1.807) is 24.5 Å². The number of pyridine rings is 1. The molecular weight excluding hydrogens is 350 g/mol. The van der Waals surface area contributed by atoms with Crippen molar-refractivity contribution >= 4 is 11.6 Å². The van der Waals surface area contributed by atoms with E-state index in [0.29, 0.717) is 12.2 Å². The van der Waals surface area contributed by atoms with Crippen LogP contribution in [-0.2, 0) is 6.42 Å². The minimum absolute atomic E-state index is 0.00528. The second-order valence-electron chi connectivity index (χ2n) is 6.88. The maximum atomic E-state index is 12.8. The Balaban J connectivity index is 1.62. The molecule has 1 aromatic carbocycles. The Hall–Kier alpha value is -2.92. The maximum Gasteiger partial charge on any atom is 0.259 e. The Morgan fingerprint density at radius 2 is 2.21 bits per heavy atom. The Morgan fingerprint density at radius 1 is 1.32 bits per heavy atom. The first-order valence-electron chi connectivity index (χ1n) is 9.61. The van der Waals surface area contributed by atoms with Gasteiger partial charge in [-0.2, -0.15) is 0 Å². The van der Waals surface area contributed by atoms with Gasteiger partial charge < -0.3 is 9.64 Å². The molecule has 0 saturated carbocycles. The zero-order valence-electron chi connectivity index (χ0n) is 16.4. The lowest BCUT2D eigenvalue weighted by Gasteiger charge is -2.29. The maximum absolute atomic E-state index is 12.8. The van der Waals surface area contributed by atoms with Crippen LogP contribution in [0, 0.1) is 0 Å². The van der Waals surface area contributed by atoms with Crippen molar-refractivity contribution in [1.82, 2.24) is 9.88 Å². The Bertz CT molecular complexity index is 833. The molecule has 1 amide bonds. The number of ether oxygens (including phenoxy) is 1. The third-order valence-electron chi connectivity index (χ3n) is 4.69. The Morgan fingerprint density at radius 3 is 3.00 bits per heavy atom. The first kappa shape index (κ1) is 19.8. The Kier molecular flexibility index (Phi) is 6.98. The molecule has 2 aromatic rings. The number of likely N-dealkylation sites (N-methyl/N-ethyl adjacent to an activating group) is 1. The van der Waals surface area contributed by atoms with Crippen LogP contribution in [0.15, 0.2) is 67.5 Å². The summed E-state index contributed by atoms with van der Waals surface area (Å²) in [5, 5.41) is 0. The lowest BCUT2D eigenvalue weighted by molar-refractivity contribution is 0.0984. The van der Waals surface area contributed by atoms with Crippen LogP contribution in [0.5, 0.6) is 5.75 Å². The molecule has 0 radical (unpaired) electrons. The van der Waals surface area contributed by atoms with Gasteiger partial charge in [0, 0.05) is 37.7 Å². The second-order valence-corrected chi connectivity index (χ2v) is 6.88. The van der Waals surface area contributed by atoms with Gasteiger partial charge in [-0.1, -0.05) is 18.2 Å². The molecule has 3 rings (SSSR count). The molecule has 2 heterocycles. The third kappa shape index (κ3) is 5.08. The number of fused-ring (bicyclic) bond motifs is 1. The predicted molar refractivity (Wildman–Crippen MR) is 113 cm³/mol. The quantitative estimate of drug-likeness (QED) is 0.658. The number of hydrogen-bond acceptors (Lipinski definition) is 4. The summed E-state index contributed by atoms with van der Waals surface area (Å²) in [6, 6.07) is 9.57. The van der Waals surface area contributed by atoms with E-state index < -0.39 is 0 Å². The fourth-order valence-corrected chi connectivity index (χ4v) is 3.28. The van der Waals surface area contributed by atoms with Gasteiger partial charge in [-0.15, -0.1) is 6.58 Å². The zero-order valence-corrected chi connectivity index (χ0v) is 16.4. The summed E-state index contributed by atoms with van der Waals surface area (Å²) in [6.07, 6.45) is 11.2. The van der Waals surface area contributed by atoms with Gasteiger partial charge in [0.1, 0.15) is 12.4 Å². The van der Waals surface area contributed by atoms with Crippen LogP contribution in [0.2, 0.25) is 0 Å². The number of aromatic nitrogens is 1. The van der Waals surface area contributed by atoms with Gasteiger partial charge in [-0.3, -0.25) is 14.7 Å². The summed E-state index contributed by atoms with van der Waals surface area (Å²) >= 11 is 0. The summed E-state index contributed by atoms with van der Waals surface area (Å²) in [6.45, 7) is 6.72. The number of carbonyl (C=O) groups is 1. The average Bonchev–Trinajstić information content (AvgIpc) is 2.73. The topological polar surface area (TPSA) is 45.7 Å². The van der Waals surface area contributed by atoms with Crippen molar-refractivity contribution in [3.8, 4) is 5.75 Å². The SMILES string of the molecule is C=CCN(C)C/C=C/COc1ccc2c(c1)CCCN2C(=O)c1cccnc1. The van der Waals surface area contributed by atoms with Gasteiger partial charge in [-0.05, 0) is 55.8 Å². The number of carbonyl (C=O) groups excluding carboxylic acids is 1. The summed E-state index contributed by atoms with van der Waals surface area (Å²) in [5.74, 6) is 0.827. The van der Waals surface area contributed by atoms with E-state index in [1.807, 2.05) is 29.2 Å². The van der Waals surface area contributed by atoms with Crippen LogP contribution in [0.4, 0.5) is 5.69 Å². The third-order valence-corrected chi connectivity index (χ3v) is 4.69. The number of amides is 1. The van der Waals surface area contributed by atoms with Crippen LogP contribution in [0.1, 0.15) is 22.3 Å². The molecule has 0 bridgehead atoms. The first-order chi connectivity index (χ1) is 13.7. The summed E-state index contributed by atoms with van der Waals surface area (Å²) in [5.41, 5.74) is 2.73. The van der Waals surface area contributed by atoms with Crippen molar-refractivity contribution in [2.45, 2.75) is 12.8 Å². The number of hydrogen-bond donors (Lipinski definition) is 0. The largest absolute Gasteiger partial charge is 0.490 e. The van der Waals surface area contributed by atoms with Gasteiger partial charge in [-0.25, -0.2) is 0 Å². The van der Waals surface area contributed by atoms with Gasteiger partial charge in [0.05, 0.1) is 5.56 Å². The van der Waals surface area contributed by atoms with Gasteiger partial charge in [0.25, 0.3) is 5.91 Å². The zero-order chi connectivity index (χ0) is 19.8. The van der Waals surface area contributed by atoms with E-state index in [2.05, 4.69) is 35.7 Å². The summed E-state index contributed by atoms with van der Waals surface area (Å²) in [7, 11) is 2.05. The van der Waals surface area contributed by atoms with Crippen molar-refractivity contribution < 1.29 is 9.53 Å². The van der Waals surface area contributed by atoms with Crippen LogP contribution >= 0.6 is 0 Å². The number of anilines is 1. The van der Waals surface area contributed by atoms with Gasteiger partial charge >= 0.3 is 0 Å². The first-order valence-corrected chi connectivity index (χ1v) is 9.61. The highest BCUT2D eigenvalue weighted by molar-refractivity contribution is 6.06. The standard InChI is InChI=1S/C23H27N3O2/c1-3-13-25(2)14-4-5-16-28-21-10-11-22-19(17-21)9-7-15-26(22)23(27)20-8-6-12-24-18-20/h3-6,8,10-12,17-18H,1,7,9,13-16H2,2H3/b5-4+. The smallest absolute Gasteiger partial charge is 0.259 e. The molecule has 0 unspecified atom stereocenters. The molecule has 0 atom stereocenters. The van der Waals surface area contributed by atoms with Crippen LogP contribution in [-0.4, -0.2) is 49.1 Å². The molecule has 0 aliphatic carbocycles. The normalized spacial score (nSPS) is 13.6. The van der Waals surface area contributed by atoms with Crippen molar-refractivity contribution in [1.29, 1.82) is 0 Å². The molecule has 1 aromatic heterocycles. The molecular formula is C23H27N3O2. The fourth-order valence-electron chi connectivity index (χ4n) is 3.28. The van der Waals surface area contributed by atoms with Gasteiger partial charge in [0.15, 0.2) is 0 Å². The number of nitrogens with zero attached hydrogens (tertiary/aromatic N) is 3. The molecule has 0 N–H and O–H groups in total. The van der Waals surface area contributed by atoms with Crippen molar-refractivity contribution in [2.24, 2.45) is 0 Å². The highest BCUT2D eigenvalue weighted by Crippen LogP contribution is 2.31. The lowest BCUT2D eigenvalue weighted by atomic mass is 10.0. The highest BCUT2D eigenvalue weighted by atomic mass is 16.5. The molecule has 5 heteroatoms. The second kappa shape index (κ2) is 9.85. The molecule has 5 nitrogen and oxygen atoms in total. The molecule has 0 fully saturated rings. The van der Waals surface area contributed by atoms with Crippen molar-refractivity contribution in [3.63, 3.8) is 0 Å². The molecule has 28 heavy (non-hydrogen) atoms. The van der Waals surface area contributed by atoms with Gasteiger partial charge in [0.2, 0.25) is 0 Å². The van der Waals surface area contributed by atoms with E-state index in [-0.39, 0.29) is 5.91 Å². The molecule has 1 aliphatic heterocycles. The van der Waals surface area contributed by atoms with Crippen LogP contribution < -0.4 is 9.64 Å². The fraction of sp³-hybridized carbons (Fsp3) is 0.304. The summed E-state index contributed by atoms with van der Waals surface area (Å²) < 4.78 is 5.86. The number of benzene rings is 1. The minimum Gasteiger partial charge on any atom is -0.490 e. The van der Waals surface area contributed by atoms with Crippen molar-refractivity contribution in [2.75, 3.05) is 38.2 Å². The number of aryl methyl sites for hydroxylation is 1. The highest BCUT2D eigenvalue weighted by Gasteiger charge is 2.24. The molecule has 1 aliphatic rings.